The molecule has 1 aromatic rings. The van der Waals surface area contributed by atoms with Gasteiger partial charge in [-0.15, -0.1) is 0 Å². The van der Waals surface area contributed by atoms with Crippen molar-refractivity contribution >= 4 is 0 Å². The van der Waals surface area contributed by atoms with E-state index in [0.717, 1.165) is 12.8 Å². The standard InChI is InChI=1S/2C9H14.C8H13N.CH4/c2*1-9(2,3)8-6-4-5-7-8;1-8(2,3)9-6-4-5-7-9;/h4,6-7H,5H2,1-3H3;4-6H,7H2,1-3H3;4-7H,1-3H3;1H4. The summed E-state index contributed by atoms with van der Waals surface area (Å²) >= 11 is 0. The predicted molar refractivity (Wildman–Crippen MR) is 129 cm³/mol. The van der Waals surface area contributed by atoms with Crippen molar-refractivity contribution in [3.63, 3.8) is 0 Å². The van der Waals surface area contributed by atoms with Crippen LogP contribution in [0.5, 0.6) is 0 Å². The molecule has 0 saturated carbocycles. The molecule has 0 amide bonds. The molecule has 0 N–H and O–H groups in total. The summed E-state index contributed by atoms with van der Waals surface area (Å²) in [7, 11) is 0. The van der Waals surface area contributed by atoms with Crippen LogP contribution in [-0.2, 0) is 5.54 Å². The number of nitrogens with zero attached hydrogens (tertiary/aromatic N) is 1. The van der Waals surface area contributed by atoms with Gasteiger partial charge in [0.1, 0.15) is 0 Å². The lowest BCUT2D eigenvalue weighted by atomic mass is 9.86. The smallest absolute Gasteiger partial charge is 0.0355 e. The predicted octanol–water partition coefficient (Wildman–Crippen LogP) is 8.72. The Labute approximate surface area is 175 Å². The molecule has 0 atom stereocenters. The summed E-state index contributed by atoms with van der Waals surface area (Å²) < 4.78 is 2.19. The van der Waals surface area contributed by atoms with Gasteiger partial charge in [0.25, 0.3) is 0 Å². The summed E-state index contributed by atoms with van der Waals surface area (Å²) in [6, 6.07) is 4.09. The summed E-state index contributed by atoms with van der Waals surface area (Å²) in [5.74, 6) is 0. The molecular weight excluding hydrogens is 338 g/mol. The van der Waals surface area contributed by atoms with Crippen LogP contribution in [0.25, 0.3) is 0 Å². The SMILES string of the molecule is C.CC(C)(C)C1=CC=CC1.CC(C)(C)C1=CCC=C1.CC(C)(C)n1cccc1. The Morgan fingerprint density at radius 2 is 1.36 bits per heavy atom. The normalized spacial score (nSPS) is 15.6. The lowest BCUT2D eigenvalue weighted by molar-refractivity contribution is 0.398. The number of rotatable bonds is 0. The Kier molecular flexibility index (Phi) is 10.0. The number of hydrogen-bond acceptors (Lipinski definition) is 0. The van der Waals surface area contributed by atoms with Gasteiger partial charge < -0.3 is 4.57 Å². The highest BCUT2D eigenvalue weighted by atomic mass is 15.0. The van der Waals surface area contributed by atoms with Gasteiger partial charge in [0.05, 0.1) is 0 Å². The van der Waals surface area contributed by atoms with Crippen LogP contribution in [0.15, 0.2) is 72.1 Å². The minimum Gasteiger partial charge on any atom is -0.349 e. The maximum atomic E-state index is 2.29. The first kappa shape index (κ1) is 26.2. The van der Waals surface area contributed by atoms with Gasteiger partial charge in [0, 0.05) is 17.9 Å². The molecule has 0 aromatic carbocycles. The third-order valence-electron chi connectivity index (χ3n) is 4.75. The Morgan fingerprint density at radius 3 is 1.57 bits per heavy atom. The summed E-state index contributed by atoms with van der Waals surface area (Å²) in [5.41, 5.74) is 3.99. The average Bonchev–Trinajstić information content (AvgIpc) is 3.28. The maximum absolute atomic E-state index is 2.29. The zero-order valence-corrected chi connectivity index (χ0v) is 19.1. The first-order chi connectivity index (χ1) is 12.3. The molecular formula is C27H45N. The monoisotopic (exact) mass is 383 g/mol. The average molecular weight is 384 g/mol. The van der Waals surface area contributed by atoms with Gasteiger partial charge in [0.2, 0.25) is 0 Å². The third kappa shape index (κ3) is 9.44. The molecule has 1 nitrogen and oxygen atoms in total. The molecule has 1 aromatic heterocycles. The van der Waals surface area contributed by atoms with E-state index in [1.54, 1.807) is 5.57 Å². The van der Waals surface area contributed by atoms with Crippen molar-refractivity contribution in [1.29, 1.82) is 0 Å². The molecule has 0 radical (unpaired) electrons. The maximum Gasteiger partial charge on any atom is 0.0355 e. The van der Waals surface area contributed by atoms with E-state index in [4.69, 9.17) is 0 Å². The van der Waals surface area contributed by atoms with Crippen LogP contribution in [0.4, 0.5) is 0 Å². The Morgan fingerprint density at radius 1 is 0.786 bits per heavy atom. The second kappa shape index (κ2) is 10.7. The largest absolute Gasteiger partial charge is 0.349 e. The number of aromatic nitrogens is 1. The molecule has 28 heavy (non-hydrogen) atoms. The summed E-state index contributed by atoms with van der Waals surface area (Å²) in [6.07, 6.45) is 19.7. The van der Waals surface area contributed by atoms with E-state index >= 15 is 0 Å². The van der Waals surface area contributed by atoms with Crippen LogP contribution in [0.1, 0.15) is 82.6 Å². The topological polar surface area (TPSA) is 4.93 Å². The quantitative estimate of drug-likeness (QED) is 0.422. The van der Waals surface area contributed by atoms with Gasteiger partial charge in [-0.3, -0.25) is 0 Å². The van der Waals surface area contributed by atoms with Crippen molar-refractivity contribution in [2.75, 3.05) is 0 Å². The van der Waals surface area contributed by atoms with Gasteiger partial charge in [-0.25, -0.2) is 0 Å². The third-order valence-corrected chi connectivity index (χ3v) is 4.75. The minimum absolute atomic E-state index is 0. The van der Waals surface area contributed by atoms with Crippen LogP contribution < -0.4 is 0 Å². The molecule has 2 aliphatic rings. The van der Waals surface area contributed by atoms with E-state index in [9.17, 15) is 0 Å². The van der Waals surface area contributed by atoms with Crippen LogP contribution in [-0.4, -0.2) is 4.57 Å². The summed E-state index contributed by atoms with van der Waals surface area (Å²) in [5, 5.41) is 0. The summed E-state index contributed by atoms with van der Waals surface area (Å²) in [6.45, 7) is 20.1. The van der Waals surface area contributed by atoms with Gasteiger partial charge in [-0.05, 0) is 62.1 Å². The van der Waals surface area contributed by atoms with E-state index in [0.29, 0.717) is 10.8 Å². The van der Waals surface area contributed by atoms with E-state index in [1.807, 2.05) is 12.1 Å². The molecule has 1 heteroatoms. The molecule has 0 fully saturated rings. The van der Waals surface area contributed by atoms with Crippen LogP contribution in [0.3, 0.4) is 0 Å². The lowest BCUT2D eigenvalue weighted by Crippen LogP contribution is -2.19. The van der Waals surface area contributed by atoms with Gasteiger partial charge in [0.15, 0.2) is 0 Å². The highest BCUT2D eigenvalue weighted by molar-refractivity contribution is 5.30. The first-order valence-corrected chi connectivity index (χ1v) is 10.2. The van der Waals surface area contributed by atoms with Gasteiger partial charge in [-0.1, -0.05) is 91.0 Å². The zero-order valence-electron chi connectivity index (χ0n) is 19.1. The van der Waals surface area contributed by atoms with Crippen LogP contribution >= 0.6 is 0 Å². The fourth-order valence-electron chi connectivity index (χ4n) is 2.80. The molecule has 0 bridgehead atoms. The van der Waals surface area contributed by atoms with E-state index in [2.05, 4.69) is 116 Å². The highest BCUT2D eigenvalue weighted by Crippen LogP contribution is 2.30. The van der Waals surface area contributed by atoms with Crippen molar-refractivity contribution < 1.29 is 0 Å². The first-order valence-electron chi connectivity index (χ1n) is 10.2. The fraction of sp³-hybridized carbons (Fsp3) is 0.556. The molecule has 2 aliphatic carbocycles. The van der Waals surface area contributed by atoms with Crippen molar-refractivity contribution in [1.82, 2.24) is 4.57 Å². The van der Waals surface area contributed by atoms with E-state index < -0.39 is 0 Å². The van der Waals surface area contributed by atoms with E-state index in [-0.39, 0.29) is 13.0 Å². The Balaban J connectivity index is 0.000000384. The van der Waals surface area contributed by atoms with Crippen LogP contribution in [0.2, 0.25) is 0 Å². The molecule has 0 saturated heterocycles. The molecule has 0 spiro atoms. The van der Waals surface area contributed by atoms with Gasteiger partial charge in [-0.2, -0.15) is 0 Å². The van der Waals surface area contributed by atoms with Crippen molar-refractivity contribution in [2.45, 2.75) is 88.1 Å². The minimum atomic E-state index is 0. The second-order valence-electron chi connectivity index (χ2n) is 10.4. The highest BCUT2D eigenvalue weighted by Gasteiger charge is 2.16. The Bertz CT molecular complexity index is 672. The van der Waals surface area contributed by atoms with Crippen molar-refractivity contribution in [3.8, 4) is 0 Å². The molecule has 3 rings (SSSR count). The fourth-order valence-corrected chi connectivity index (χ4v) is 2.80. The molecule has 0 unspecified atom stereocenters. The van der Waals surface area contributed by atoms with Gasteiger partial charge >= 0.3 is 0 Å². The number of allylic oxidation sites excluding steroid dienone is 8. The molecule has 0 aliphatic heterocycles. The lowest BCUT2D eigenvalue weighted by Gasteiger charge is -2.20. The van der Waals surface area contributed by atoms with E-state index in [1.165, 1.54) is 5.57 Å². The molecule has 1 heterocycles. The van der Waals surface area contributed by atoms with Crippen LogP contribution in [0, 0.1) is 10.8 Å². The zero-order chi connectivity index (χ0) is 20.7. The second-order valence-corrected chi connectivity index (χ2v) is 10.4. The van der Waals surface area contributed by atoms with Crippen molar-refractivity contribution in [3.05, 3.63) is 72.1 Å². The van der Waals surface area contributed by atoms with Crippen molar-refractivity contribution in [2.24, 2.45) is 10.8 Å². The summed E-state index contributed by atoms with van der Waals surface area (Å²) in [4.78, 5) is 0. The number of hydrogen-bond donors (Lipinski definition) is 0. The Hall–Kier alpha value is -1.76. The molecule has 158 valence electrons.